The largest absolute Gasteiger partial charge is 0.480 e. The number of carboxylic acid groups (broad SMARTS) is 1. The SMILES string of the molecule is CC[C@](N)(CCC(=O)OC(C)(C)C)C(=O)O. The van der Waals surface area contributed by atoms with E-state index in [1.54, 1.807) is 27.7 Å². The number of hydrogen-bond donors (Lipinski definition) is 2. The molecule has 3 N–H and O–H groups in total. The molecule has 0 spiro atoms. The minimum Gasteiger partial charge on any atom is -0.480 e. The molecule has 0 rings (SSSR count). The van der Waals surface area contributed by atoms with Crippen LogP contribution in [-0.4, -0.2) is 28.2 Å². The van der Waals surface area contributed by atoms with Gasteiger partial charge in [-0.25, -0.2) is 0 Å². The molecule has 0 aromatic carbocycles. The molecule has 0 aliphatic heterocycles. The average Bonchev–Trinajstić information content (AvgIpc) is 2.11. The zero-order chi connectivity index (χ0) is 13.0. The fraction of sp³-hybridized carbons (Fsp3) is 0.818. The summed E-state index contributed by atoms with van der Waals surface area (Å²) in [5.74, 6) is -1.50. The van der Waals surface area contributed by atoms with Crippen LogP contribution in [0.2, 0.25) is 0 Å². The summed E-state index contributed by atoms with van der Waals surface area (Å²) in [5, 5.41) is 8.90. The summed E-state index contributed by atoms with van der Waals surface area (Å²) in [6, 6.07) is 0. The van der Waals surface area contributed by atoms with Gasteiger partial charge in [0, 0.05) is 6.42 Å². The molecule has 0 amide bonds. The molecule has 0 aliphatic rings. The molecular weight excluding hydrogens is 210 g/mol. The highest BCUT2D eigenvalue weighted by atomic mass is 16.6. The van der Waals surface area contributed by atoms with Crippen LogP contribution in [0.4, 0.5) is 0 Å². The summed E-state index contributed by atoms with van der Waals surface area (Å²) in [5.41, 5.74) is 3.76. The Morgan fingerprint density at radius 3 is 2.12 bits per heavy atom. The molecule has 0 heterocycles. The zero-order valence-electron chi connectivity index (χ0n) is 10.4. The fourth-order valence-electron chi connectivity index (χ4n) is 1.15. The van der Waals surface area contributed by atoms with Crippen LogP contribution < -0.4 is 5.73 Å². The Hall–Kier alpha value is -1.10. The smallest absolute Gasteiger partial charge is 0.323 e. The van der Waals surface area contributed by atoms with E-state index in [4.69, 9.17) is 15.6 Å². The summed E-state index contributed by atoms with van der Waals surface area (Å²) in [6.07, 6.45) is 0.396. The Morgan fingerprint density at radius 1 is 1.31 bits per heavy atom. The summed E-state index contributed by atoms with van der Waals surface area (Å²) in [4.78, 5) is 22.2. The summed E-state index contributed by atoms with van der Waals surface area (Å²) >= 11 is 0. The third-order valence-electron chi connectivity index (χ3n) is 2.25. The van der Waals surface area contributed by atoms with Gasteiger partial charge < -0.3 is 15.6 Å². The first-order valence-corrected chi connectivity index (χ1v) is 5.35. The molecule has 0 aromatic rings. The first kappa shape index (κ1) is 14.9. The lowest BCUT2D eigenvalue weighted by atomic mass is 9.92. The molecule has 16 heavy (non-hydrogen) atoms. The van der Waals surface area contributed by atoms with E-state index in [9.17, 15) is 9.59 Å². The lowest BCUT2D eigenvalue weighted by Gasteiger charge is -2.24. The van der Waals surface area contributed by atoms with E-state index in [1.165, 1.54) is 0 Å². The summed E-state index contributed by atoms with van der Waals surface area (Å²) < 4.78 is 5.07. The number of hydrogen-bond acceptors (Lipinski definition) is 4. The predicted molar refractivity (Wildman–Crippen MR) is 59.9 cm³/mol. The molecule has 0 saturated heterocycles. The first-order chi connectivity index (χ1) is 7.10. The minimum absolute atomic E-state index is 0.0217. The Morgan fingerprint density at radius 2 is 1.81 bits per heavy atom. The van der Waals surface area contributed by atoms with E-state index in [2.05, 4.69) is 0 Å². The lowest BCUT2D eigenvalue weighted by molar-refractivity contribution is -0.155. The van der Waals surface area contributed by atoms with Crippen LogP contribution in [0.25, 0.3) is 0 Å². The van der Waals surface area contributed by atoms with Crippen LogP contribution in [0.15, 0.2) is 0 Å². The highest BCUT2D eigenvalue weighted by Gasteiger charge is 2.32. The Balaban J connectivity index is 4.24. The van der Waals surface area contributed by atoms with Crippen molar-refractivity contribution in [3.05, 3.63) is 0 Å². The fourth-order valence-corrected chi connectivity index (χ4v) is 1.15. The highest BCUT2D eigenvalue weighted by molar-refractivity contribution is 5.79. The number of carboxylic acids is 1. The summed E-state index contributed by atoms with van der Waals surface area (Å²) in [6.45, 7) is 6.97. The van der Waals surface area contributed by atoms with Crippen molar-refractivity contribution in [2.45, 2.75) is 58.1 Å². The minimum atomic E-state index is -1.34. The molecule has 94 valence electrons. The van der Waals surface area contributed by atoms with Gasteiger partial charge in [-0.05, 0) is 33.6 Å². The van der Waals surface area contributed by atoms with Crippen LogP contribution in [0, 0.1) is 0 Å². The van der Waals surface area contributed by atoms with Crippen molar-refractivity contribution in [3.63, 3.8) is 0 Å². The van der Waals surface area contributed by atoms with Gasteiger partial charge in [0.15, 0.2) is 0 Å². The molecule has 1 atom stereocenters. The van der Waals surface area contributed by atoms with Crippen LogP contribution in [0.5, 0.6) is 0 Å². The Kier molecular flexibility index (Phi) is 4.93. The zero-order valence-corrected chi connectivity index (χ0v) is 10.4. The molecule has 0 radical (unpaired) electrons. The Bertz CT molecular complexity index is 270. The van der Waals surface area contributed by atoms with Gasteiger partial charge in [-0.1, -0.05) is 6.92 Å². The molecule has 0 bridgehead atoms. The number of esters is 1. The second-order valence-corrected chi connectivity index (χ2v) is 4.90. The monoisotopic (exact) mass is 231 g/mol. The third kappa shape index (κ3) is 5.11. The van der Waals surface area contributed by atoms with Crippen molar-refractivity contribution >= 4 is 11.9 Å². The highest BCUT2D eigenvalue weighted by Crippen LogP contribution is 2.17. The molecule has 0 fully saturated rings. The van der Waals surface area contributed by atoms with E-state index >= 15 is 0 Å². The standard InChI is InChI=1S/C11H21NO4/c1-5-11(12,9(14)15)7-6-8(13)16-10(2,3)4/h5-7,12H2,1-4H3,(H,14,15)/t11-/m0/s1. The first-order valence-electron chi connectivity index (χ1n) is 5.35. The van der Waals surface area contributed by atoms with Crippen LogP contribution in [-0.2, 0) is 14.3 Å². The van der Waals surface area contributed by atoms with Gasteiger partial charge in [-0.15, -0.1) is 0 Å². The maximum atomic E-state index is 11.4. The topological polar surface area (TPSA) is 89.6 Å². The normalized spacial score (nSPS) is 15.3. The van der Waals surface area contributed by atoms with Gasteiger partial charge in [0.05, 0.1) is 0 Å². The second kappa shape index (κ2) is 5.30. The quantitative estimate of drug-likeness (QED) is 0.696. The van der Waals surface area contributed by atoms with Crippen LogP contribution in [0.1, 0.15) is 47.0 Å². The molecular formula is C11H21NO4. The molecule has 0 aromatic heterocycles. The van der Waals surface area contributed by atoms with E-state index < -0.39 is 23.1 Å². The number of rotatable bonds is 5. The second-order valence-electron chi connectivity index (χ2n) is 4.90. The van der Waals surface area contributed by atoms with Gasteiger partial charge in [0.25, 0.3) is 0 Å². The number of carbonyl (C=O) groups excluding carboxylic acids is 1. The maximum absolute atomic E-state index is 11.4. The Labute approximate surface area is 96.0 Å². The van der Waals surface area contributed by atoms with Crippen molar-refractivity contribution in [2.75, 3.05) is 0 Å². The van der Waals surface area contributed by atoms with Crippen molar-refractivity contribution < 1.29 is 19.4 Å². The van der Waals surface area contributed by atoms with E-state index in [1.807, 2.05) is 0 Å². The van der Waals surface area contributed by atoms with Gasteiger partial charge in [-0.3, -0.25) is 9.59 Å². The molecule has 0 aliphatic carbocycles. The molecule has 0 unspecified atom stereocenters. The van der Waals surface area contributed by atoms with Crippen LogP contribution in [0.3, 0.4) is 0 Å². The molecule has 5 heteroatoms. The average molecular weight is 231 g/mol. The van der Waals surface area contributed by atoms with E-state index in [0.29, 0.717) is 0 Å². The van der Waals surface area contributed by atoms with Gasteiger partial charge in [0.1, 0.15) is 11.1 Å². The molecule has 5 nitrogen and oxygen atoms in total. The van der Waals surface area contributed by atoms with Crippen molar-refractivity contribution in [1.82, 2.24) is 0 Å². The number of carbonyl (C=O) groups is 2. The summed E-state index contributed by atoms with van der Waals surface area (Å²) in [7, 11) is 0. The number of ether oxygens (including phenoxy) is 1. The molecule has 0 saturated carbocycles. The number of nitrogens with two attached hydrogens (primary N) is 1. The maximum Gasteiger partial charge on any atom is 0.323 e. The lowest BCUT2D eigenvalue weighted by Crippen LogP contribution is -2.47. The van der Waals surface area contributed by atoms with Crippen LogP contribution >= 0.6 is 0 Å². The number of aliphatic carboxylic acids is 1. The van der Waals surface area contributed by atoms with Gasteiger partial charge in [-0.2, -0.15) is 0 Å². The van der Waals surface area contributed by atoms with E-state index in [-0.39, 0.29) is 19.3 Å². The van der Waals surface area contributed by atoms with Gasteiger partial charge in [0.2, 0.25) is 0 Å². The predicted octanol–water partition coefficient (Wildman–Crippen LogP) is 1.30. The third-order valence-corrected chi connectivity index (χ3v) is 2.25. The van der Waals surface area contributed by atoms with E-state index in [0.717, 1.165) is 0 Å². The van der Waals surface area contributed by atoms with Crippen molar-refractivity contribution in [1.29, 1.82) is 0 Å². The van der Waals surface area contributed by atoms with Crippen molar-refractivity contribution in [2.24, 2.45) is 5.73 Å². The van der Waals surface area contributed by atoms with Gasteiger partial charge >= 0.3 is 11.9 Å². The van der Waals surface area contributed by atoms with Crippen molar-refractivity contribution in [3.8, 4) is 0 Å².